The second-order valence-corrected chi connectivity index (χ2v) is 10.3. The fraction of sp³-hybridized carbons (Fsp3) is 0.192. The van der Waals surface area contributed by atoms with Gasteiger partial charge in [-0.3, -0.25) is 9.52 Å². The molecule has 8 nitrogen and oxygen atoms in total. The normalized spacial score (nSPS) is 14.5. The van der Waals surface area contributed by atoms with Gasteiger partial charge in [0.05, 0.1) is 10.6 Å². The first-order valence-electron chi connectivity index (χ1n) is 11.6. The summed E-state index contributed by atoms with van der Waals surface area (Å²) in [6, 6.07) is 11.9. The highest BCUT2D eigenvalue weighted by Gasteiger charge is 2.59. The minimum absolute atomic E-state index is 0.0165. The predicted octanol–water partition coefficient (Wildman–Crippen LogP) is 6.64. The van der Waals surface area contributed by atoms with Crippen LogP contribution in [0.1, 0.15) is 21.5 Å². The number of amides is 1. The smallest absolute Gasteiger partial charge is 0.439 e. The molecule has 3 aromatic rings. The molecule has 2 N–H and O–H groups in total. The summed E-state index contributed by atoms with van der Waals surface area (Å²) in [6.45, 7) is 0. The summed E-state index contributed by atoms with van der Waals surface area (Å²) < 4.78 is 109. The molecule has 1 aliphatic carbocycles. The summed E-state index contributed by atoms with van der Waals surface area (Å²) in [4.78, 5) is 12.5. The number of hydrogen-bond acceptors (Lipinski definition) is 6. The molecule has 0 spiro atoms. The average Bonchev–Trinajstić information content (AvgIpc) is 2.93. The van der Waals surface area contributed by atoms with E-state index in [2.05, 4.69) is 19.7 Å². The second-order valence-electron chi connectivity index (χ2n) is 8.64. The van der Waals surface area contributed by atoms with Crippen LogP contribution in [0, 0.1) is 0 Å². The molecule has 0 bridgehead atoms. The first kappa shape index (κ1) is 29.6. The van der Waals surface area contributed by atoms with Crippen molar-refractivity contribution >= 4 is 27.3 Å². The number of nitrogens with one attached hydrogen (secondary N) is 1. The first-order valence-corrected chi connectivity index (χ1v) is 13.1. The van der Waals surface area contributed by atoms with Gasteiger partial charge in [-0.25, -0.2) is 12.8 Å². The lowest BCUT2D eigenvalue weighted by Crippen LogP contribution is -2.45. The number of fused-ring (bicyclic) bond motifs is 1. The first-order chi connectivity index (χ1) is 19.2. The van der Waals surface area contributed by atoms with Crippen molar-refractivity contribution < 1.29 is 49.4 Å². The van der Waals surface area contributed by atoms with Crippen molar-refractivity contribution in [3.05, 3.63) is 89.5 Å². The van der Waals surface area contributed by atoms with E-state index in [9.17, 15) is 44.7 Å². The Morgan fingerprint density at radius 3 is 2.17 bits per heavy atom. The number of ether oxygens (including phenoxy) is 1. The Morgan fingerprint density at radius 2 is 1.56 bits per heavy atom. The van der Waals surface area contributed by atoms with Gasteiger partial charge in [0.15, 0.2) is 0 Å². The molecule has 0 unspecified atom stereocenters. The number of halogens is 6. The van der Waals surface area contributed by atoms with Gasteiger partial charge in [0.25, 0.3) is 22.1 Å². The van der Waals surface area contributed by atoms with E-state index < -0.39 is 40.1 Å². The zero-order valence-electron chi connectivity index (χ0n) is 20.6. The van der Waals surface area contributed by atoms with Crippen LogP contribution in [0.4, 0.5) is 37.7 Å². The van der Waals surface area contributed by atoms with Crippen molar-refractivity contribution in [1.29, 1.82) is 0 Å². The fourth-order valence-corrected chi connectivity index (χ4v) is 4.91. The van der Waals surface area contributed by atoms with Gasteiger partial charge in [0, 0.05) is 11.1 Å². The third kappa shape index (κ3) is 6.67. The topological polar surface area (TPSA) is 117 Å². The number of allylic oxidation sites excluding steroid dienone is 2. The monoisotopic (exact) mass is 599 g/mol. The Bertz CT molecular complexity index is 1610. The molecule has 1 atom stereocenters. The number of phenols is 1. The standard InChI is InChI=1S/C26H19F6N3O5S/c27-24(25(28,29)30)26(31,32)40-16-12-10-15(11-13-16)23(37)34-33-21-14-20(18-8-4-5-9-19(18)22(21)36)35-41(38,39)17-6-2-1-3-7-17/h1-7,10-14,24,35-36H,8-9H2/t24-/m1/s1. The van der Waals surface area contributed by atoms with Crippen LogP contribution in [0.2, 0.25) is 0 Å². The van der Waals surface area contributed by atoms with Crippen molar-refractivity contribution in [3.63, 3.8) is 0 Å². The van der Waals surface area contributed by atoms with Crippen molar-refractivity contribution in [3.8, 4) is 11.5 Å². The van der Waals surface area contributed by atoms with E-state index in [0.717, 1.165) is 12.1 Å². The van der Waals surface area contributed by atoms with Crippen LogP contribution < -0.4 is 9.46 Å². The number of nitrogens with zero attached hydrogens (tertiary/aromatic N) is 2. The van der Waals surface area contributed by atoms with E-state index in [0.29, 0.717) is 29.7 Å². The van der Waals surface area contributed by atoms with Crippen LogP contribution in [0.25, 0.3) is 0 Å². The summed E-state index contributed by atoms with van der Waals surface area (Å²) in [6.07, 6.45) is -11.6. The van der Waals surface area contributed by atoms with Crippen LogP contribution in [0.5, 0.6) is 11.5 Å². The molecule has 3 aromatic carbocycles. The lowest BCUT2D eigenvalue weighted by Gasteiger charge is -2.23. The molecule has 0 aliphatic heterocycles. The Balaban J connectivity index is 1.57. The third-order valence-corrected chi connectivity index (χ3v) is 7.17. The van der Waals surface area contributed by atoms with Crippen molar-refractivity contribution in [2.75, 3.05) is 4.72 Å². The summed E-state index contributed by atoms with van der Waals surface area (Å²) in [7, 11) is -4.03. The zero-order chi connectivity index (χ0) is 30.0. The highest BCUT2D eigenvalue weighted by atomic mass is 32.2. The Labute approximate surface area is 229 Å². The molecule has 1 aliphatic rings. The van der Waals surface area contributed by atoms with E-state index >= 15 is 0 Å². The fourth-order valence-electron chi connectivity index (χ4n) is 3.80. The molecule has 0 aromatic heterocycles. The molecule has 0 radical (unpaired) electrons. The molecular formula is C26H19F6N3O5S. The summed E-state index contributed by atoms with van der Waals surface area (Å²) in [5, 5.41) is 17.9. The molecule has 216 valence electrons. The molecule has 0 heterocycles. The Hall–Kier alpha value is -4.40. The minimum Gasteiger partial charge on any atom is -0.505 e. The molecule has 41 heavy (non-hydrogen) atoms. The molecule has 0 fully saturated rings. The molecule has 4 rings (SSSR count). The molecule has 0 saturated carbocycles. The van der Waals surface area contributed by atoms with Crippen molar-refractivity contribution in [2.24, 2.45) is 10.2 Å². The average molecular weight is 600 g/mol. The minimum atomic E-state index is -5.86. The maximum Gasteiger partial charge on any atom is 0.439 e. The van der Waals surface area contributed by atoms with Gasteiger partial charge in [-0.05, 0) is 60.9 Å². The number of anilines is 1. The zero-order valence-corrected chi connectivity index (χ0v) is 21.4. The van der Waals surface area contributed by atoms with Crippen molar-refractivity contribution in [2.45, 2.75) is 36.2 Å². The molecular weight excluding hydrogens is 580 g/mol. The number of hydrogen-bond donors (Lipinski definition) is 2. The van der Waals surface area contributed by atoms with E-state index in [1.54, 1.807) is 30.4 Å². The lowest BCUT2D eigenvalue weighted by atomic mass is 9.93. The van der Waals surface area contributed by atoms with Crippen LogP contribution in [0.3, 0.4) is 0 Å². The third-order valence-electron chi connectivity index (χ3n) is 5.79. The maximum absolute atomic E-state index is 13.5. The number of carbonyl (C=O) groups is 1. The number of sulfonamides is 1. The van der Waals surface area contributed by atoms with Gasteiger partial charge >= 0.3 is 12.3 Å². The van der Waals surface area contributed by atoms with Gasteiger partial charge in [0.1, 0.15) is 17.2 Å². The second kappa shape index (κ2) is 11.2. The highest BCUT2D eigenvalue weighted by Crippen LogP contribution is 2.41. The highest BCUT2D eigenvalue weighted by molar-refractivity contribution is 7.92. The molecule has 1 amide bonds. The quantitative estimate of drug-likeness (QED) is 0.130. The lowest BCUT2D eigenvalue weighted by molar-refractivity contribution is -0.304. The van der Waals surface area contributed by atoms with Gasteiger partial charge in [0.2, 0.25) is 0 Å². The van der Waals surface area contributed by atoms with Gasteiger partial charge in [-0.15, -0.1) is 10.2 Å². The summed E-state index contributed by atoms with van der Waals surface area (Å²) >= 11 is 0. The van der Waals surface area contributed by atoms with Crippen LogP contribution in [-0.2, 0) is 22.9 Å². The van der Waals surface area contributed by atoms with Crippen LogP contribution in [0.15, 0.2) is 87.9 Å². The largest absolute Gasteiger partial charge is 0.505 e. The van der Waals surface area contributed by atoms with Gasteiger partial charge in [-0.1, -0.05) is 30.4 Å². The van der Waals surface area contributed by atoms with E-state index in [4.69, 9.17) is 0 Å². The number of benzene rings is 3. The number of rotatable bonds is 8. The Kier molecular flexibility index (Phi) is 8.10. The number of alkyl halides is 6. The van der Waals surface area contributed by atoms with E-state index in [1.807, 2.05) is 0 Å². The maximum atomic E-state index is 13.5. The van der Waals surface area contributed by atoms with Gasteiger partial charge < -0.3 is 9.84 Å². The number of phenolic OH excluding ortho intramolecular Hbond substituents is 1. The Morgan fingerprint density at radius 1 is 0.951 bits per heavy atom. The predicted molar refractivity (Wildman–Crippen MR) is 134 cm³/mol. The number of aromatic hydroxyl groups is 1. The summed E-state index contributed by atoms with van der Waals surface area (Å²) in [5.74, 6) is -2.25. The van der Waals surface area contributed by atoms with Crippen molar-refractivity contribution in [1.82, 2.24) is 0 Å². The van der Waals surface area contributed by atoms with Gasteiger partial charge in [-0.2, -0.15) is 22.0 Å². The van der Waals surface area contributed by atoms with E-state index in [-0.39, 0.29) is 34.0 Å². The van der Waals surface area contributed by atoms with E-state index in [1.165, 1.54) is 18.2 Å². The van der Waals surface area contributed by atoms with Crippen LogP contribution >= 0.6 is 0 Å². The number of azo groups is 1. The molecule has 15 heteroatoms. The molecule has 0 saturated heterocycles. The van der Waals surface area contributed by atoms with Crippen LogP contribution in [-0.4, -0.2) is 37.9 Å². The summed E-state index contributed by atoms with van der Waals surface area (Å²) in [5.41, 5.74) is 0.430. The number of carbonyl (C=O) groups excluding carboxylic acids is 1. The SMILES string of the molecule is O=C(N=Nc1cc(NS(=O)(=O)c2ccccc2)c2c(c1O)CC=CC2)c1ccc(OC(F)(F)[C@H](F)C(F)(F)F)cc1.